The van der Waals surface area contributed by atoms with Crippen LogP contribution in [0.1, 0.15) is 5.56 Å². The fourth-order valence-corrected chi connectivity index (χ4v) is 3.68. The summed E-state index contributed by atoms with van der Waals surface area (Å²) in [6.07, 6.45) is -0.974. The molecule has 0 aliphatic heterocycles. The molecule has 2 heterocycles. The first-order chi connectivity index (χ1) is 14.2. The Hall–Kier alpha value is -3.05. The number of nitrogens with zero attached hydrogens (tertiary/aromatic N) is 4. The zero-order valence-corrected chi connectivity index (χ0v) is 17.7. The molecule has 0 aliphatic carbocycles. The predicted octanol–water partition coefficient (Wildman–Crippen LogP) is -0.241. The van der Waals surface area contributed by atoms with Crippen molar-refractivity contribution in [3.63, 3.8) is 0 Å². The van der Waals surface area contributed by atoms with Crippen LogP contribution in [0.3, 0.4) is 0 Å². The lowest BCUT2D eigenvalue weighted by atomic mass is 10.2. The standard InChI is InChI=1S/C19H23N5O5S/c1-11-4-6-13(7-5-11)29-9-12(25)8-24-15-16(21-18(24)30-10-14(20)26)22(2)19(28)23(3)17(15)27/h4-7,12,25H,8-10H2,1-3H3,(H2,20,26)/t12-/m1/s1. The van der Waals surface area contributed by atoms with E-state index in [9.17, 15) is 19.5 Å². The first-order valence-corrected chi connectivity index (χ1v) is 10.1. The summed E-state index contributed by atoms with van der Waals surface area (Å²) in [5, 5.41) is 10.8. The molecule has 10 nitrogen and oxygen atoms in total. The van der Waals surface area contributed by atoms with E-state index < -0.39 is 23.3 Å². The van der Waals surface area contributed by atoms with Crippen molar-refractivity contribution in [3.8, 4) is 5.75 Å². The molecule has 1 aromatic carbocycles. The molecule has 0 aliphatic rings. The SMILES string of the molecule is Cc1ccc(OC[C@H](O)Cn2c(SCC(N)=O)nc3c2c(=O)n(C)c(=O)n3C)cc1. The summed E-state index contributed by atoms with van der Waals surface area (Å²) in [6.45, 7) is 1.92. The number of carbonyl (C=O) groups is 1. The third kappa shape index (κ3) is 4.41. The molecular weight excluding hydrogens is 410 g/mol. The molecule has 2 aromatic heterocycles. The normalized spacial score (nSPS) is 12.3. The van der Waals surface area contributed by atoms with Gasteiger partial charge >= 0.3 is 5.69 Å². The highest BCUT2D eigenvalue weighted by atomic mass is 32.2. The summed E-state index contributed by atoms with van der Waals surface area (Å²) < 4.78 is 9.33. The molecule has 0 unspecified atom stereocenters. The molecule has 30 heavy (non-hydrogen) atoms. The zero-order valence-electron chi connectivity index (χ0n) is 16.9. The van der Waals surface area contributed by atoms with E-state index in [0.717, 1.165) is 21.9 Å². The number of nitrogens with two attached hydrogens (primary N) is 1. The number of fused-ring (bicyclic) bond motifs is 1. The van der Waals surface area contributed by atoms with Gasteiger partial charge in [-0.3, -0.25) is 18.7 Å². The van der Waals surface area contributed by atoms with Gasteiger partial charge in [-0.15, -0.1) is 0 Å². The number of benzene rings is 1. The van der Waals surface area contributed by atoms with Gasteiger partial charge in [0.25, 0.3) is 5.56 Å². The van der Waals surface area contributed by atoms with Crippen molar-refractivity contribution in [1.82, 2.24) is 18.7 Å². The van der Waals surface area contributed by atoms with Crippen LogP contribution in [-0.2, 0) is 25.4 Å². The summed E-state index contributed by atoms with van der Waals surface area (Å²) in [6, 6.07) is 7.39. The summed E-state index contributed by atoms with van der Waals surface area (Å²) in [4.78, 5) is 40.5. The van der Waals surface area contributed by atoms with Crippen molar-refractivity contribution in [2.45, 2.75) is 24.7 Å². The Morgan fingerprint density at radius 1 is 1.23 bits per heavy atom. The Balaban J connectivity index is 1.94. The minimum atomic E-state index is -0.974. The van der Waals surface area contributed by atoms with Crippen LogP contribution in [0.5, 0.6) is 5.75 Å². The van der Waals surface area contributed by atoms with Gasteiger partial charge in [-0.25, -0.2) is 9.78 Å². The van der Waals surface area contributed by atoms with Crippen LogP contribution in [-0.4, -0.2) is 48.2 Å². The topological polar surface area (TPSA) is 134 Å². The smallest absolute Gasteiger partial charge is 0.332 e. The molecule has 3 rings (SSSR count). The number of aliphatic hydroxyl groups is 1. The highest BCUT2D eigenvalue weighted by Gasteiger charge is 2.22. The number of carbonyl (C=O) groups excluding carboxylic acids is 1. The van der Waals surface area contributed by atoms with Crippen LogP contribution in [0.4, 0.5) is 0 Å². The Bertz CT molecular complexity index is 1200. The average molecular weight is 433 g/mol. The Labute approximate surface area is 175 Å². The van der Waals surface area contributed by atoms with Gasteiger partial charge in [-0.2, -0.15) is 0 Å². The van der Waals surface area contributed by atoms with Gasteiger partial charge < -0.3 is 20.1 Å². The number of rotatable bonds is 8. The van der Waals surface area contributed by atoms with Crippen LogP contribution < -0.4 is 21.7 Å². The second kappa shape index (κ2) is 8.76. The van der Waals surface area contributed by atoms with Gasteiger partial charge in [0, 0.05) is 14.1 Å². The van der Waals surface area contributed by atoms with E-state index in [4.69, 9.17) is 10.5 Å². The highest BCUT2D eigenvalue weighted by molar-refractivity contribution is 7.99. The lowest BCUT2D eigenvalue weighted by Gasteiger charge is -2.15. The first-order valence-electron chi connectivity index (χ1n) is 9.14. The van der Waals surface area contributed by atoms with E-state index >= 15 is 0 Å². The minimum absolute atomic E-state index is 0.0170. The van der Waals surface area contributed by atoms with Crippen LogP contribution in [0.25, 0.3) is 11.2 Å². The van der Waals surface area contributed by atoms with Crippen molar-refractivity contribution in [3.05, 3.63) is 50.7 Å². The summed E-state index contributed by atoms with van der Waals surface area (Å²) in [5.41, 5.74) is 5.57. The second-order valence-corrected chi connectivity index (χ2v) is 7.86. The molecule has 160 valence electrons. The van der Waals surface area contributed by atoms with Crippen LogP contribution in [0.15, 0.2) is 39.0 Å². The number of aryl methyl sites for hydroxylation is 2. The third-order valence-electron chi connectivity index (χ3n) is 4.51. The quantitative estimate of drug-likeness (QED) is 0.468. The lowest BCUT2D eigenvalue weighted by molar-refractivity contribution is -0.115. The fraction of sp³-hybridized carbons (Fsp3) is 0.368. The third-order valence-corrected chi connectivity index (χ3v) is 5.51. The molecule has 0 radical (unpaired) electrons. The Kier molecular flexibility index (Phi) is 6.32. The van der Waals surface area contributed by atoms with Crippen molar-refractivity contribution >= 4 is 28.8 Å². The van der Waals surface area contributed by atoms with Gasteiger partial charge in [0.2, 0.25) is 5.91 Å². The monoisotopic (exact) mass is 433 g/mol. The van der Waals surface area contributed by atoms with Crippen molar-refractivity contribution in [2.24, 2.45) is 19.8 Å². The van der Waals surface area contributed by atoms with Gasteiger partial charge in [-0.05, 0) is 19.1 Å². The van der Waals surface area contributed by atoms with E-state index in [1.165, 1.54) is 23.2 Å². The zero-order chi connectivity index (χ0) is 22.0. The molecule has 1 atom stereocenters. The Morgan fingerprint density at radius 2 is 1.90 bits per heavy atom. The van der Waals surface area contributed by atoms with Crippen molar-refractivity contribution in [1.29, 1.82) is 0 Å². The molecule has 1 amide bonds. The number of amides is 1. The van der Waals surface area contributed by atoms with Crippen LogP contribution >= 0.6 is 11.8 Å². The lowest BCUT2D eigenvalue weighted by Crippen LogP contribution is -2.38. The summed E-state index contributed by atoms with van der Waals surface area (Å²) in [5.74, 6) is -0.00601. The number of primary amides is 1. The van der Waals surface area contributed by atoms with E-state index in [2.05, 4.69) is 4.98 Å². The summed E-state index contributed by atoms with van der Waals surface area (Å²) >= 11 is 1.03. The van der Waals surface area contributed by atoms with Crippen LogP contribution in [0.2, 0.25) is 0 Å². The second-order valence-electron chi connectivity index (χ2n) is 6.92. The molecule has 0 saturated heterocycles. The molecule has 0 spiro atoms. The van der Waals surface area contributed by atoms with Gasteiger partial charge in [0.1, 0.15) is 18.5 Å². The number of aromatic nitrogens is 4. The number of aliphatic hydroxyl groups excluding tert-OH is 1. The van der Waals surface area contributed by atoms with E-state index in [-0.39, 0.29) is 30.1 Å². The molecule has 0 saturated carbocycles. The highest BCUT2D eigenvalue weighted by Crippen LogP contribution is 2.22. The average Bonchev–Trinajstić information content (AvgIpc) is 3.07. The maximum Gasteiger partial charge on any atom is 0.332 e. The summed E-state index contributed by atoms with van der Waals surface area (Å²) in [7, 11) is 2.87. The fourth-order valence-electron chi connectivity index (χ4n) is 2.93. The Morgan fingerprint density at radius 3 is 2.53 bits per heavy atom. The molecule has 3 N–H and O–H groups in total. The number of thioether (sulfide) groups is 1. The van der Waals surface area contributed by atoms with E-state index in [1.807, 2.05) is 19.1 Å². The van der Waals surface area contributed by atoms with Crippen molar-refractivity contribution < 1.29 is 14.6 Å². The maximum atomic E-state index is 12.7. The number of ether oxygens (including phenoxy) is 1. The molecule has 11 heteroatoms. The molecular formula is C19H23N5O5S. The molecule has 0 fully saturated rings. The largest absolute Gasteiger partial charge is 0.491 e. The predicted molar refractivity (Wildman–Crippen MR) is 113 cm³/mol. The van der Waals surface area contributed by atoms with Gasteiger partial charge in [0.05, 0.1) is 12.3 Å². The van der Waals surface area contributed by atoms with E-state index in [1.54, 1.807) is 12.1 Å². The number of imidazole rings is 1. The van der Waals surface area contributed by atoms with Gasteiger partial charge in [0.15, 0.2) is 16.3 Å². The minimum Gasteiger partial charge on any atom is -0.491 e. The van der Waals surface area contributed by atoms with Crippen LogP contribution in [0, 0.1) is 6.92 Å². The maximum absolute atomic E-state index is 12.7. The first kappa shape index (κ1) is 21.7. The number of hydrogen-bond acceptors (Lipinski definition) is 7. The molecule has 3 aromatic rings. The molecule has 0 bridgehead atoms. The van der Waals surface area contributed by atoms with Gasteiger partial charge in [-0.1, -0.05) is 29.5 Å². The van der Waals surface area contributed by atoms with E-state index in [0.29, 0.717) is 10.9 Å². The van der Waals surface area contributed by atoms with Crippen molar-refractivity contribution in [2.75, 3.05) is 12.4 Å². The number of hydrogen-bond donors (Lipinski definition) is 2.